The first-order valence-electron chi connectivity index (χ1n) is 5.65. The highest BCUT2D eigenvalue weighted by Gasteiger charge is 2.08. The molecule has 0 aliphatic carbocycles. The predicted molar refractivity (Wildman–Crippen MR) is 63.2 cm³/mol. The Labute approximate surface area is 104 Å². The van der Waals surface area contributed by atoms with Crippen molar-refractivity contribution in [2.24, 2.45) is 5.73 Å². The van der Waals surface area contributed by atoms with Crippen LogP contribution >= 0.6 is 0 Å². The summed E-state index contributed by atoms with van der Waals surface area (Å²) < 4.78 is 30.8. The van der Waals surface area contributed by atoms with Crippen LogP contribution in [0.1, 0.15) is 16.8 Å². The van der Waals surface area contributed by atoms with Gasteiger partial charge in [0.15, 0.2) is 0 Å². The second-order valence-corrected chi connectivity index (χ2v) is 3.67. The van der Waals surface area contributed by atoms with Gasteiger partial charge in [-0.25, -0.2) is 8.78 Å². The van der Waals surface area contributed by atoms with E-state index < -0.39 is 17.5 Å². The first-order chi connectivity index (χ1) is 8.63. The molecule has 0 spiro atoms. The summed E-state index contributed by atoms with van der Waals surface area (Å²) in [5.74, 6) is -2.05. The largest absolute Gasteiger partial charge is 0.380 e. The van der Waals surface area contributed by atoms with Gasteiger partial charge in [0.2, 0.25) is 0 Å². The van der Waals surface area contributed by atoms with Crippen LogP contribution in [0.4, 0.5) is 8.78 Å². The number of hydrogen-bond acceptors (Lipinski definition) is 3. The summed E-state index contributed by atoms with van der Waals surface area (Å²) in [6.07, 6.45) is 0.615. The van der Waals surface area contributed by atoms with Crippen LogP contribution < -0.4 is 11.1 Å². The van der Waals surface area contributed by atoms with Gasteiger partial charge in [0, 0.05) is 31.3 Å². The van der Waals surface area contributed by atoms with Gasteiger partial charge < -0.3 is 15.8 Å². The summed E-state index contributed by atoms with van der Waals surface area (Å²) in [7, 11) is 0. The van der Waals surface area contributed by atoms with E-state index in [0.29, 0.717) is 32.7 Å². The van der Waals surface area contributed by atoms with E-state index in [2.05, 4.69) is 5.32 Å². The van der Waals surface area contributed by atoms with E-state index in [1.54, 1.807) is 0 Å². The summed E-state index contributed by atoms with van der Waals surface area (Å²) >= 11 is 0. The van der Waals surface area contributed by atoms with Crippen molar-refractivity contribution in [3.05, 3.63) is 35.4 Å². The molecule has 0 bridgehead atoms. The lowest BCUT2D eigenvalue weighted by Crippen LogP contribution is -2.25. The Morgan fingerprint density at radius 3 is 2.50 bits per heavy atom. The van der Waals surface area contributed by atoms with E-state index in [1.807, 2.05) is 0 Å². The number of rotatable bonds is 7. The van der Waals surface area contributed by atoms with Gasteiger partial charge in [-0.15, -0.1) is 0 Å². The molecule has 1 rings (SSSR count). The number of carbonyl (C=O) groups is 1. The molecule has 18 heavy (non-hydrogen) atoms. The number of nitrogens with one attached hydrogen (secondary N) is 1. The molecule has 1 aromatic rings. The molecule has 0 radical (unpaired) electrons. The quantitative estimate of drug-likeness (QED) is 0.719. The third-order valence-corrected chi connectivity index (χ3v) is 2.14. The van der Waals surface area contributed by atoms with Crippen molar-refractivity contribution in [3.63, 3.8) is 0 Å². The average molecular weight is 258 g/mol. The fraction of sp³-hybridized carbons (Fsp3) is 0.417. The lowest BCUT2D eigenvalue weighted by Gasteiger charge is -2.06. The Bertz CT molecular complexity index is 379. The first-order valence-corrected chi connectivity index (χ1v) is 5.65. The van der Waals surface area contributed by atoms with E-state index in [4.69, 9.17) is 10.5 Å². The highest BCUT2D eigenvalue weighted by Crippen LogP contribution is 2.07. The smallest absolute Gasteiger partial charge is 0.251 e. The molecule has 0 saturated heterocycles. The second kappa shape index (κ2) is 7.73. The summed E-state index contributed by atoms with van der Waals surface area (Å²) in [5.41, 5.74) is 5.20. The third kappa shape index (κ3) is 5.20. The highest BCUT2D eigenvalue weighted by molar-refractivity contribution is 5.94. The number of nitrogens with two attached hydrogens (primary N) is 1. The van der Waals surface area contributed by atoms with E-state index in [0.717, 1.165) is 18.2 Å². The maximum atomic E-state index is 12.9. The molecule has 0 fully saturated rings. The predicted octanol–water partition coefficient (Wildman–Crippen LogP) is 1.06. The highest BCUT2D eigenvalue weighted by atomic mass is 19.1. The minimum atomic E-state index is -0.772. The molecule has 0 aliphatic heterocycles. The Hall–Kier alpha value is -1.53. The molecule has 4 nitrogen and oxygen atoms in total. The van der Waals surface area contributed by atoms with Crippen LogP contribution in [0.3, 0.4) is 0 Å². The molecule has 1 aromatic carbocycles. The SMILES string of the molecule is NCCOCCCNC(=O)c1cc(F)cc(F)c1. The van der Waals surface area contributed by atoms with Gasteiger partial charge in [0.1, 0.15) is 11.6 Å². The maximum Gasteiger partial charge on any atom is 0.251 e. The fourth-order valence-electron chi connectivity index (χ4n) is 1.35. The molecule has 0 heterocycles. The summed E-state index contributed by atoms with van der Waals surface area (Å²) in [6.45, 7) is 1.79. The van der Waals surface area contributed by atoms with Crippen LogP contribution in [0.5, 0.6) is 0 Å². The first kappa shape index (κ1) is 14.5. The number of amides is 1. The van der Waals surface area contributed by atoms with Crippen molar-refractivity contribution >= 4 is 5.91 Å². The lowest BCUT2D eigenvalue weighted by molar-refractivity contribution is 0.0942. The molecule has 6 heteroatoms. The number of benzene rings is 1. The molecular weight excluding hydrogens is 242 g/mol. The molecule has 3 N–H and O–H groups in total. The molecular formula is C12H16F2N2O2. The van der Waals surface area contributed by atoms with Crippen molar-refractivity contribution in [1.82, 2.24) is 5.32 Å². The van der Waals surface area contributed by atoms with Crippen LogP contribution in [0.15, 0.2) is 18.2 Å². The Morgan fingerprint density at radius 1 is 1.22 bits per heavy atom. The van der Waals surface area contributed by atoms with Gasteiger partial charge in [-0.3, -0.25) is 4.79 Å². The molecule has 0 aromatic heterocycles. The molecule has 0 atom stereocenters. The average Bonchev–Trinajstić information content (AvgIpc) is 2.32. The molecule has 0 saturated carbocycles. The normalized spacial score (nSPS) is 10.4. The standard InChI is InChI=1S/C12H16F2N2O2/c13-10-6-9(7-11(14)8-10)12(17)16-3-1-4-18-5-2-15/h6-8H,1-5,15H2,(H,16,17). The number of hydrogen-bond donors (Lipinski definition) is 2. The number of ether oxygens (including phenoxy) is 1. The third-order valence-electron chi connectivity index (χ3n) is 2.14. The molecule has 1 amide bonds. The number of carbonyl (C=O) groups excluding carboxylic acids is 1. The maximum absolute atomic E-state index is 12.9. The summed E-state index contributed by atoms with van der Waals surface area (Å²) in [6, 6.07) is 2.70. The van der Waals surface area contributed by atoms with Crippen LogP contribution in [0.25, 0.3) is 0 Å². The zero-order chi connectivity index (χ0) is 13.4. The van der Waals surface area contributed by atoms with E-state index in [1.165, 1.54) is 0 Å². The van der Waals surface area contributed by atoms with E-state index in [-0.39, 0.29) is 5.56 Å². The van der Waals surface area contributed by atoms with E-state index >= 15 is 0 Å². The van der Waals surface area contributed by atoms with Gasteiger partial charge in [-0.05, 0) is 18.6 Å². The van der Waals surface area contributed by atoms with Gasteiger partial charge >= 0.3 is 0 Å². The monoisotopic (exact) mass is 258 g/mol. The van der Waals surface area contributed by atoms with Crippen molar-refractivity contribution in [3.8, 4) is 0 Å². The fourth-order valence-corrected chi connectivity index (χ4v) is 1.35. The van der Waals surface area contributed by atoms with Crippen LogP contribution in [-0.2, 0) is 4.74 Å². The van der Waals surface area contributed by atoms with Gasteiger partial charge in [-0.1, -0.05) is 0 Å². The second-order valence-electron chi connectivity index (χ2n) is 3.67. The Balaban J connectivity index is 2.32. The summed E-state index contributed by atoms with van der Waals surface area (Å²) in [5, 5.41) is 2.55. The topological polar surface area (TPSA) is 64.3 Å². The zero-order valence-electron chi connectivity index (χ0n) is 9.92. The summed E-state index contributed by atoms with van der Waals surface area (Å²) in [4.78, 5) is 11.5. The minimum Gasteiger partial charge on any atom is -0.380 e. The van der Waals surface area contributed by atoms with Crippen LogP contribution in [0, 0.1) is 11.6 Å². The van der Waals surface area contributed by atoms with Crippen molar-refractivity contribution in [1.29, 1.82) is 0 Å². The lowest BCUT2D eigenvalue weighted by atomic mass is 10.2. The van der Waals surface area contributed by atoms with Crippen molar-refractivity contribution in [2.75, 3.05) is 26.3 Å². The van der Waals surface area contributed by atoms with Crippen LogP contribution in [0.2, 0.25) is 0 Å². The minimum absolute atomic E-state index is 0.0321. The van der Waals surface area contributed by atoms with Crippen LogP contribution in [-0.4, -0.2) is 32.2 Å². The van der Waals surface area contributed by atoms with Crippen molar-refractivity contribution < 1.29 is 18.3 Å². The molecule has 100 valence electrons. The number of halogens is 2. The van der Waals surface area contributed by atoms with Gasteiger partial charge in [0.25, 0.3) is 5.91 Å². The van der Waals surface area contributed by atoms with Gasteiger partial charge in [0.05, 0.1) is 6.61 Å². The Kier molecular flexibility index (Phi) is 6.24. The molecule has 0 unspecified atom stereocenters. The zero-order valence-corrected chi connectivity index (χ0v) is 9.92. The van der Waals surface area contributed by atoms with Gasteiger partial charge in [-0.2, -0.15) is 0 Å². The Morgan fingerprint density at radius 2 is 1.89 bits per heavy atom. The molecule has 0 aliphatic rings. The van der Waals surface area contributed by atoms with Crippen molar-refractivity contribution in [2.45, 2.75) is 6.42 Å². The van der Waals surface area contributed by atoms with E-state index in [9.17, 15) is 13.6 Å².